The fourth-order valence-electron chi connectivity index (χ4n) is 2.43. The van der Waals surface area contributed by atoms with E-state index < -0.39 is 10.2 Å². The number of carbonyl (C=O) groups is 1. The number of pyridine rings is 1. The summed E-state index contributed by atoms with van der Waals surface area (Å²) in [6.07, 6.45) is 4.77. The van der Waals surface area contributed by atoms with Crippen LogP contribution in [0.15, 0.2) is 24.5 Å². The standard InChI is InChI=1S/C14H22N4O3S/c1-17(2)22(20,21)18-8-4-6-13(11-18)14(19)16-10-12-5-3-7-15-9-12/h3,5,7,9,13H,4,6,8,10-11H2,1-2H3,(H,16,19)/t13-/m1/s1. The highest BCUT2D eigenvalue weighted by Gasteiger charge is 2.33. The average molecular weight is 326 g/mol. The maximum Gasteiger partial charge on any atom is 0.281 e. The zero-order valence-corrected chi connectivity index (χ0v) is 13.7. The van der Waals surface area contributed by atoms with Gasteiger partial charge < -0.3 is 5.32 Å². The normalized spacial score (nSPS) is 20.0. The Bertz CT molecular complexity index is 604. The molecule has 1 aliphatic heterocycles. The second kappa shape index (κ2) is 7.17. The van der Waals surface area contributed by atoms with E-state index in [0.29, 0.717) is 25.9 Å². The van der Waals surface area contributed by atoms with Crippen LogP contribution in [0.5, 0.6) is 0 Å². The van der Waals surface area contributed by atoms with Crippen LogP contribution < -0.4 is 5.32 Å². The van der Waals surface area contributed by atoms with Crippen LogP contribution >= 0.6 is 0 Å². The smallest absolute Gasteiger partial charge is 0.281 e. The summed E-state index contributed by atoms with van der Waals surface area (Å²) in [5.41, 5.74) is 0.921. The zero-order valence-electron chi connectivity index (χ0n) is 12.9. The minimum absolute atomic E-state index is 0.109. The molecule has 1 N–H and O–H groups in total. The lowest BCUT2D eigenvalue weighted by Gasteiger charge is -2.32. The molecule has 8 heteroatoms. The first-order valence-electron chi connectivity index (χ1n) is 7.25. The van der Waals surface area contributed by atoms with Crippen LogP contribution in [0, 0.1) is 5.92 Å². The van der Waals surface area contributed by atoms with Crippen LogP contribution in [0.4, 0.5) is 0 Å². The molecule has 122 valence electrons. The minimum Gasteiger partial charge on any atom is -0.352 e. The monoisotopic (exact) mass is 326 g/mol. The molecule has 1 aromatic rings. The van der Waals surface area contributed by atoms with Crippen molar-refractivity contribution in [2.75, 3.05) is 27.2 Å². The molecular formula is C14H22N4O3S. The first-order valence-corrected chi connectivity index (χ1v) is 8.65. The lowest BCUT2D eigenvalue weighted by molar-refractivity contribution is -0.126. The number of piperidine rings is 1. The predicted molar refractivity (Wildman–Crippen MR) is 83.0 cm³/mol. The van der Waals surface area contributed by atoms with Crippen molar-refractivity contribution in [3.8, 4) is 0 Å². The van der Waals surface area contributed by atoms with Gasteiger partial charge in [-0.05, 0) is 24.5 Å². The lowest BCUT2D eigenvalue weighted by atomic mass is 9.99. The van der Waals surface area contributed by atoms with Gasteiger partial charge in [-0.3, -0.25) is 9.78 Å². The Morgan fingerprint density at radius 3 is 2.91 bits per heavy atom. The number of hydrogen-bond donors (Lipinski definition) is 1. The van der Waals surface area contributed by atoms with Crippen LogP contribution in [-0.2, 0) is 21.5 Å². The van der Waals surface area contributed by atoms with Gasteiger partial charge in [0.25, 0.3) is 10.2 Å². The minimum atomic E-state index is -3.46. The van der Waals surface area contributed by atoms with Crippen molar-refractivity contribution in [1.29, 1.82) is 0 Å². The van der Waals surface area contributed by atoms with Crippen LogP contribution in [-0.4, -0.2) is 55.1 Å². The molecule has 1 saturated heterocycles. The van der Waals surface area contributed by atoms with E-state index in [9.17, 15) is 13.2 Å². The summed E-state index contributed by atoms with van der Waals surface area (Å²) < 4.78 is 26.9. The third-order valence-corrected chi connectivity index (χ3v) is 5.64. The summed E-state index contributed by atoms with van der Waals surface area (Å²) in [4.78, 5) is 16.2. The summed E-state index contributed by atoms with van der Waals surface area (Å²) in [7, 11) is -0.454. The van der Waals surface area contributed by atoms with Gasteiger partial charge in [0, 0.05) is 46.1 Å². The molecule has 1 atom stereocenters. The van der Waals surface area contributed by atoms with Crippen molar-refractivity contribution >= 4 is 16.1 Å². The van der Waals surface area contributed by atoms with E-state index in [1.807, 2.05) is 12.1 Å². The van der Waals surface area contributed by atoms with Gasteiger partial charge in [0.1, 0.15) is 0 Å². The second-order valence-corrected chi connectivity index (χ2v) is 7.71. The van der Waals surface area contributed by atoms with Crippen LogP contribution in [0.25, 0.3) is 0 Å². The highest BCUT2D eigenvalue weighted by Crippen LogP contribution is 2.20. The van der Waals surface area contributed by atoms with Crippen LogP contribution in [0.3, 0.4) is 0 Å². The van der Waals surface area contributed by atoms with Gasteiger partial charge in [-0.1, -0.05) is 6.07 Å². The van der Waals surface area contributed by atoms with Gasteiger partial charge in [-0.25, -0.2) is 0 Å². The van der Waals surface area contributed by atoms with Crippen molar-refractivity contribution in [1.82, 2.24) is 18.9 Å². The van der Waals surface area contributed by atoms with E-state index in [0.717, 1.165) is 5.56 Å². The van der Waals surface area contributed by atoms with Crippen molar-refractivity contribution in [2.45, 2.75) is 19.4 Å². The zero-order chi connectivity index (χ0) is 16.2. The SMILES string of the molecule is CN(C)S(=O)(=O)N1CCC[C@@H](C(=O)NCc2cccnc2)C1. The Hall–Kier alpha value is -1.51. The first kappa shape index (κ1) is 16.9. The summed E-state index contributed by atoms with van der Waals surface area (Å²) in [5, 5.41) is 2.86. The van der Waals surface area contributed by atoms with Crippen molar-refractivity contribution in [2.24, 2.45) is 5.92 Å². The van der Waals surface area contributed by atoms with Gasteiger partial charge >= 0.3 is 0 Å². The molecule has 1 fully saturated rings. The third kappa shape index (κ3) is 4.02. The molecule has 0 spiro atoms. The van der Waals surface area contributed by atoms with E-state index in [1.165, 1.54) is 22.7 Å². The van der Waals surface area contributed by atoms with Gasteiger partial charge in [0.2, 0.25) is 5.91 Å². The summed E-state index contributed by atoms with van der Waals surface area (Å²) in [6, 6.07) is 3.70. The second-order valence-electron chi connectivity index (χ2n) is 5.57. The van der Waals surface area contributed by atoms with E-state index in [2.05, 4.69) is 10.3 Å². The van der Waals surface area contributed by atoms with E-state index in [4.69, 9.17) is 0 Å². The molecule has 0 saturated carbocycles. The van der Waals surface area contributed by atoms with Gasteiger partial charge in [0.05, 0.1) is 5.92 Å². The molecule has 1 aliphatic rings. The molecular weight excluding hydrogens is 304 g/mol. The topological polar surface area (TPSA) is 82.6 Å². The molecule has 2 rings (SSSR count). The number of rotatable bonds is 5. The maximum absolute atomic E-state index is 12.2. The molecule has 1 amide bonds. The Morgan fingerprint density at radius 2 is 2.27 bits per heavy atom. The van der Waals surface area contributed by atoms with Crippen LogP contribution in [0.1, 0.15) is 18.4 Å². The summed E-state index contributed by atoms with van der Waals surface area (Å²) in [5.74, 6) is -0.414. The lowest BCUT2D eigenvalue weighted by Crippen LogP contribution is -2.48. The van der Waals surface area contributed by atoms with Crippen molar-refractivity contribution in [3.63, 3.8) is 0 Å². The predicted octanol–water partition coefficient (Wildman–Crippen LogP) is 0.216. The molecule has 1 aromatic heterocycles. The highest BCUT2D eigenvalue weighted by atomic mass is 32.2. The Morgan fingerprint density at radius 1 is 1.50 bits per heavy atom. The molecule has 0 aliphatic carbocycles. The van der Waals surface area contributed by atoms with E-state index in [1.54, 1.807) is 12.4 Å². The third-order valence-electron chi connectivity index (χ3n) is 3.73. The number of amides is 1. The van der Waals surface area contributed by atoms with Gasteiger partial charge in [0.15, 0.2) is 0 Å². The molecule has 2 heterocycles. The quantitative estimate of drug-likeness (QED) is 0.839. The van der Waals surface area contributed by atoms with E-state index in [-0.39, 0.29) is 18.4 Å². The van der Waals surface area contributed by atoms with Crippen LogP contribution in [0.2, 0.25) is 0 Å². The number of aromatic nitrogens is 1. The maximum atomic E-state index is 12.2. The first-order chi connectivity index (χ1) is 10.4. The largest absolute Gasteiger partial charge is 0.352 e. The number of nitrogens with one attached hydrogen (secondary N) is 1. The molecule has 0 unspecified atom stereocenters. The Kier molecular flexibility index (Phi) is 5.49. The molecule has 0 aromatic carbocycles. The molecule has 0 bridgehead atoms. The molecule has 22 heavy (non-hydrogen) atoms. The van der Waals surface area contributed by atoms with Crippen molar-refractivity contribution in [3.05, 3.63) is 30.1 Å². The van der Waals surface area contributed by atoms with Gasteiger partial charge in [-0.15, -0.1) is 0 Å². The summed E-state index contributed by atoms with van der Waals surface area (Å²) in [6.45, 7) is 1.11. The highest BCUT2D eigenvalue weighted by molar-refractivity contribution is 7.86. The summed E-state index contributed by atoms with van der Waals surface area (Å²) >= 11 is 0. The molecule has 7 nitrogen and oxygen atoms in total. The Labute approximate surface area is 131 Å². The Balaban J connectivity index is 1.93. The fourth-order valence-corrected chi connectivity index (χ4v) is 3.62. The van der Waals surface area contributed by atoms with Gasteiger partial charge in [-0.2, -0.15) is 17.0 Å². The van der Waals surface area contributed by atoms with E-state index >= 15 is 0 Å². The number of nitrogens with zero attached hydrogens (tertiary/aromatic N) is 3. The average Bonchev–Trinajstić information content (AvgIpc) is 2.53. The number of hydrogen-bond acceptors (Lipinski definition) is 4. The molecule has 0 radical (unpaired) electrons. The number of carbonyl (C=O) groups excluding carboxylic acids is 1. The van der Waals surface area contributed by atoms with Crippen molar-refractivity contribution < 1.29 is 13.2 Å². The fraction of sp³-hybridized carbons (Fsp3) is 0.571.